The highest BCUT2D eigenvalue weighted by Crippen LogP contribution is 2.49. The lowest BCUT2D eigenvalue weighted by Gasteiger charge is -2.30. The van der Waals surface area contributed by atoms with Gasteiger partial charge in [0.05, 0.1) is 17.1 Å². The molecule has 0 radical (unpaired) electrons. The summed E-state index contributed by atoms with van der Waals surface area (Å²) in [6.07, 6.45) is 9.15. The van der Waals surface area contributed by atoms with Crippen LogP contribution in [0.3, 0.4) is 0 Å². The zero-order chi connectivity index (χ0) is 32.4. The number of rotatable bonds is 4. The minimum atomic E-state index is 0.0938. The first-order valence-electron chi connectivity index (χ1n) is 17.0. The van der Waals surface area contributed by atoms with E-state index in [1.807, 2.05) is 0 Å². The Morgan fingerprint density at radius 3 is 2.06 bits per heavy atom. The summed E-state index contributed by atoms with van der Waals surface area (Å²) < 4.78 is 2.41. The monoisotopic (exact) mass is 618 g/mol. The predicted molar refractivity (Wildman–Crippen MR) is 204 cm³/mol. The maximum Gasteiger partial charge on any atom is 0.0629 e. The van der Waals surface area contributed by atoms with E-state index in [0.29, 0.717) is 5.92 Å². The molecular weight excluding hydrogens is 581 g/mol. The van der Waals surface area contributed by atoms with E-state index in [9.17, 15) is 0 Å². The Morgan fingerprint density at radius 1 is 0.500 bits per heavy atom. The molecule has 2 aliphatic rings. The third kappa shape index (κ3) is 4.63. The molecule has 2 heterocycles. The Morgan fingerprint density at radius 2 is 1.19 bits per heavy atom. The molecule has 9 rings (SSSR count). The van der Waals surface area contributed by atoms with Gasteiger partial charge in [0.2, 0.25) is 0 Å². The molecule has 2 nitrogen and oxygen atoms in total. The molecule has 2 heteroatoms. The zero-order valence-electron chi connectivity index (χ0n) is 27.6. The average Bonchev–Trinajstić information content (AvgIpc) is 3.64. The van der Waals surface area contributed by atoms with Crippen molar-refractivity contribution in [1.29, 1.82) is 0 Å². The van der Waals surface area contributed by atoms with Crippen LogP contribution in [0.15, 0.2) is 164 Å². The summed E-state index contributed by atoms with van der Waals surface area (Å²) in [5, 5.41) is 2.54. The Hall–Kier alpha value is -5.60. The Bertz CT molecular complexity index is 2400. The minimum absolute atomic E-state index is 0.0938. The lowest BCUT2D eigenvalue weighted by molar-refractivity contribution is 0.590. The quantitative estimate of drug-likeness (QED) is 0.190. The van der Waals surface area contributed by atoms with Crippen molar-refractivity contribution >= 4 is 33.2 Å². The van der Waals surface area contributed by atoms with Gasteiger partial charge in [0, 0.05) is 33.8 Å². The van der Waals surface area contributed by atoms with E-state index in [4.69, 9.17) is 0 Å². The van der Waals surface area contributed by atoms with Crippen LogP contribution in [0, 0.1) is 0 Å². The van der Waals surface area contributed by atoms with Gasteiger partial charge in [0.15, 0.2) is 0 Å². The number of hydrogen-bond donors (Lipinski definition) is 0. The molecule has 0 saturated carbocycles. The standard InChI is InChI=1S/C46H38N2/c1-46(2,3)35-16-12-18-37(30-35)48-43-22-10-8-20-39(43)41-29-34(24-26-45(41)48)33-23-25-44-40(28-33)38-19-7-9-21-42(38)47(44)36-17-11-15-32(27-36)31-13-5-4-6-14-31/h4-30,39,43H,1-3H3. The van der Waals surface area contributed by atoms with Crippen molar-refractivity contribution < 1.29 is 0 Å². The van der Waals surface area contributed by atoms with Gasteiger partial charge in [-0.3, -0.25) is 0 Å². The molecule has 1 aliphatic heterocycles. The molecular formula is C46H38N2. The van der Waals surface area contributed by atoms with Gasteiger partial charge in [-0.15, -0.1) is 0 Å². The number of fused-ring (bicyclic) bond motifs is 6. The van der Waals surface area contributed by atoms with Crippen molar-refractivity contribution in [3.63, 3.8) is 0 Å². The first-order valence-corrected chi connectivity index (χ1v) is 17.0. The fourth-order valence-electron chi connectivity index (χ4n) is 7.83. The van der Waals surface area contributed by atoms with Crippen molar-refractivity contribution in [3.05, 3.63) is 175 Å². The maximum atomic E-state index is 2.54. The second-order valence-electron chi connectivity index (χ2n) is 14.2. The van der Waals surface area contributed by atoms with Crippen LogP contribution in [0.4, 0.5) is 11.4 Å². The average molecular weight is 619 g/mol. The lowest BCUT2D eigenvalue weighted by Crippen LogP contribution is -2.28. The number of anilines is 2. The second kappa shape index (κ2) is 11.0. The number of hydrogen-bond acceptors (Lipinski definition) is 1. The molecule has 0 bridgehead atoms. The van der Waals surface area contributed by atoms with Crippen molar-refractivity contribution in [3.8, 4) is 27.9 Å². The summed E-state index contributed by atoms with van der Waals surface area (Å²) in [5.74, 6) is 0.311. The largest absolute Gasteiger partial charge is 0.333 e. The van der Waals surface area contributed by atoms with Crippen molar-refractivity contribution in [1.82, 2.24) is 4.57 Å². The molecule has 48 heavy (non-hydrogen) atoms. The minimum Gasteiger partial charge on any atom is -0.333 e. The van der Waals surface area contributed by atoms with E-state index < -0.39 is 0 Å². The summed E-state index contributed by atoms with van der Waals surface area (Å²) >= 11 is 0. The van der Waals surface area contributed by atoms with Gasteiger partial charge in [-0.05, 0) is 93.4 Å². The van der Waals surface area contributed by atoms with E-state index in [1.165, 1.54) is 72.2 Å². The smallest absolute Gasteiger partial charge is 0.0629 e. The van der Waals surface area contributed by atoms with Crippen LogP contribution in [0.1, 0.15) is 37.8 Å². The van der Waals surface area contributed by atoms with E-state index in [0.717, 1.165) is 0 Å². The van der Waals surface area contributed by atoms with Crippen LogP contribution >= 0.6 is 0 Å². The maximum absolute atomic E-state index is 2.54. The molecule has 2 atom stereocenters. The molecule has 2 unspecified atom stereocenters. The first kappa shape index (κ1) is 28.6. The van der Waals surface area contributed by atoms with Crippen LogP contribution < -0.4 is 4.90 Å². The molecule has 0 amide bonds. The highest BCUT2D eigenvalue weighted by atomic mass is 15.2. The van der Waals surface area contributed by atoms with Crippen molar-refractivity contribution in [2.75, 3.05) is 4.90 Å². The van der Waals surface area contributed by atoms with E-state index in [1.54, 1.807) is 0 Å². The predicted octanol–water partition coefficient (Wildman–Crippen LogP) is 12.1. The van der Waals surface area contributed by atoms with Gasteiger partial charge < -0.3 is 9.47 Å². The number of para-hydroxylation sites is 1. The van der Waals surface area contributed by atoms with E-state index in [-0.39, 0.29) is 11.5 Å². The summed E-state index contributed by atoms with van der Waals surface area (Å²) in [5.41, 5.74) is 14.0. The molecule has 0 fully saturated rings. The summed E-state index contributed by atoms with van der Waals surface area (Å²) in [6, 6.07) is 51.8. The van der Waals surface area contributed by atoms with Gasteiger partial charge >= 0.3 is 0 Å². The third-order valence-corrected chi connectivity index (χ3v) is 10.3. The van der Waals surface area contributed by atoms with Gasteiger partial charge in [-0.25, -0.2) is 0 Å². The summed E-state index contributed by atoms with van der Waals surface area (Å²) in [7, 11) is 0. The molecule has 1 aromatic heterocycles. The first-order chi connectivity index (χ1) is 23.4. The fourth-order valence-corrected chi connectivity index (χ4v) is 7.83. The number of nitrogens with zero attached hydrogens (tertiary/aromatic N) is 2. The Kier molecular flexibility index (Phi) is 6.55. The van der Waals surface area contributed by atoms with Gasteiger partial charge in [0.25, 0.3) is 0 Å². The highest BCUT2D eigenvalue weighted by molar-refractivity contribution is 6.10. The molecule has 0 N–H and O–H groups in total. The van der Waals surface area contributed by atoms with Crippen LogP contribution in [0.5, 0.6) is 0 Å². The van der Waals surface area contributed by atoms with E-state index in [2.05, 4.69) is 194 Å². The zero-order valence-corrected chi connectivity index (χ0v) is 27.6. The SMILES string of the molecule is CC(C)(C)c1cccc(N2c3ccc(-c4ccc5c(c4)c4ccccc4n5-c4cccc(-c5ccccc5)c4)cc3C3C=CC=CC32)c1. The van der Waals surface area contributed by atoms with Crippen LogP contribution in [0.25, 0.3) is 49.7 Å². The normalized spacial score (nSPS) is 16.9. The number of benzene rings is 6. The van der Waals surface area contributed by atoms with Crippen LogP contribution in [0.2, 0.25) is 0 Å². The summed E-state index contributed by atoms with van der Waals surface area (Å²) in [4.78, 5) is 2.54. The fraction of sp³-hybridized carbons (Fsp3) is 0.130. The molecule has 7 aromatic rings. The highest BCUT2D eigenvalue weighted by Gasteiger charge is 2.37. The number of aromatic nitrogens is 1. The summed E-state index contributed by atoms with van der Waals surface area (Å²) in [6.45, 7) is 6.87. The van der Waals surface area contributed by atoms with E-state index >= 15 is 0 Å². The van der Waals surface area contributed by atoms with Crippen molar-refractivity contribution in [2.45, 2.75) is 38.1 Å². The van der Waals surface area contributed by atoms with Gasteiger partial charge in [-0.2, -0.15) is 0 Å². The van der Waals surface area contributed by atoms with Crippen LogP contribution in [-0.4, -0.2) is 10.6 Å². The topological polar surface area (TPSA) is 8.17 Å². The van der Waals surface area contributed by atoms with Gasteiger partial charge in [0.1, 0.15) is 0 Å². The molecule has 232 valence electrons. The molecule has 0 saturated heterocycles. The van der Waals surface area contributed by atoms with Gasteiger partial charge in [-0.1, -0.05) is 130 Å². The molecule has 6 aromatic carbocycles. The van der Waals surface area contributed by atoms with Crippen molar-refractivity contribution in [2.24, 2.45) is 0 Å². The molecule has 0 spiro atoms. The number of allylic oxidation sites excluding steroid dienone is 2. The lowest BCUT2D eigenvalue weighted by atomic mass is 9.86. The van der Waals surface area contributed by atoms with Crippen LogP contribution in [-0.2, 0) is 5.41 Å². The third-order valence-electron chi connectivity index (χ3n) is 10.3. The Balaban J connectivity index is 1.16. The Labute approximate surface area is 282 Å². The molecule has 1 aliphatic carbocycles. The second-order valence-corrected chi connectivity index (χ2v) is 14.2.